The number of nitrogens with two attached hydrogens (primary N) is 1. The van der Waals surface area contributed by atoms with Crippen LogP contribution >= 0.6 is 0 Å². The standard InChI is InChI=1S/C13H25NO/c1-10(2)5-8-15-12-9-11(14)13(12)6-3-4-7-13/h10-12H,3-9,14H2,1-2H3. The molecule has 2 atom stereocenters. The molecule has 0 bridgehead atoms. The first kappa shape index (κ1) is 11.4. The predicted octanol–water partition coefficient (Wildman–Crippen LogP) is 2.71. The highest BCUT2D eigenvalue weighted by atomic mass is 16.5. The number of rotatable bonds is 4. The molecule has 0 aromatic rings. The summed E-state index contributed by atoms with van der Waals surface area (Å²) in [7, 11) is 0. The van der Waals surface area contributed by atoms with Crippen LogP contribution in [0.1, 0.15) is 52.4 Å². The highest BCUT2D eigenvalue weighted by molar-refractivity contribution is 5.08. The van der Waals surface area contributed by atoms with E-state index in [1.165, 1.54) is 32.1 Å². The van der Waals surface area contributed by atoms with Gasteiger partial charge in [-0.25, -0.2) is 0 Å². The molecular weight excluding hydrogens is 186 g/mol. The van der Waals surface area contributed by atoms with E-state index in [2.05, 4.69) is 13.8 Å². The molecule has 2 N–H and O–H groups in total. The second-order valence-electron chi connectivity index (χ2n) is 5.82. The molecule has 0 radical (unpaired) electrons. The molecule has 2 unspecified atom stereocenters. The van der Waals surface area contributed by atoms with Crippen LogP contribution in [0.4, 0.5) is 0 Å². The summed E-state index contributed by atoms with van der Waals surface area (Å²) in [6.07, 6.45) is 8.09. The van der Waals surface area contributed by atoms with Crippen molar-refractivity contribution in [1.29, 1.82) is 0 Å². The quantitative estimate of drug-likeness (QED) is 0.776. The summed E-state index contributed by atoms with van der Waals surface area (Å²) in [5.41, 5.74) is 6.55. The topological polar surface area (TPSA) is 35.2 Å². The lowest BCUT2D eigenvalue weighted by molar-refractivity contribution is -0.125. The van der Waals surface area contributed by atoms with Crippen molar-refractivity contribution in [3.05, 3.63) is 0 Å². The molecule has 2 heteroatoms. The molecule has 2 nitrogen and oxygen atoms in total. The Balaban J connectivity index is 1.78. The molecule has 2 fully saturated rings. The van der Waals surface area contributed by atoms with Crippen LogP contribution in [0.2, 0.25) is 0 Å². The third-order valence-corrected chi connectivity index (χ3v) is 4.40. The minimum absolute atomic E-state index is 0.386. The van der Waals surface area contributed by atoms with E-state index in [9.17, 15) is 0 Å². The van der Waals surface area contributed by atoms with Crippen molar-refractivity contribution < 1.29 is 4.74 Å². The maximum absolute atomic E-state index is 6.16. The van der Waals surface area contributed by atoms with E-state index in [4.69, 9.17) is 10.5 Å². The van der Waals surface area contributed by atoms with Crippen LogP contribution < -0.4 is 5.73 Å². The van der Waals surface area contributed by atoms with E-state index in [1.807, 2.05) is 0 Å². The van der Waals surface area contributed by atoms with Gasteiger partial charge in [-0.2, -0.15) is 0 Å². The Kier molecular flexibility index (Phi) is 3.36. The summed E-state index contributed by atoms with van der Waals surface area (Å²) < 4.78 is 6.02. The third kappa shape index (κ3) is 2.07. The molecule has 88 valence electrons. The molecule has 0 aliphatic heterocycles. The van der Waals surface area contributed by atoms with Crippen LogP contribution in [-0.4, -0.2) is 18.8 Å². The zero-order valence-corrected chi connectivity index (χ0v) is 10.2. The second-order valence-corrected chi connectivity index (χ2v) is 5.82. The first-order valence-electron chi connectivity index (χ1n) is 6.52. The van der Waals surface area contributed by atoms with Gasteiger partial charge in [-0.15, -0.1) is 0 Å². The Hall–Kier alpha value is -0.0800. The lowest BCUT2D eigenvalue weighted by Gasteiger charge is -2.52. The molecule has 0 heterocycles. The fraction of sp³-hybridized carbons (Fsp3) is 1.00. The van der Waals surface area contributed by atoms with Crippen LogP contribution in [0.25, 0.3) is 0 Å². The Morgan fingerprint density at radius 1 is 1.33 bits per heavy atom. The lowest BCUT2D eigenvalue weighted by atomic mass is 9.61. The molecule has 0 amide bonds. The molecule has 1 spiro atoms. The molecule has 2 aliphatic carbocycles. The minimum atomic E-state index is 0.386. The number of ether oxygens (including phenoxy) is 1. The van der Waals surface area contributed by atoms with Crippen molar-refractivity contribution in [2.75, 3.05) is 6.61 Å². The van der Waals surface area contributed by atoms with Crippen LogP contribution in [0.3, 0.4) is 0 Å². The minimum Gasteiger partial charge on any atom is -0.378 e. The van der Waals surface area contributed by atoms with Gasteiger partial charge in [-0.05, 0) is 31.6 Å². The zero-order chi connectivity index (χ0) is 10.9. The zero-order valence-electron chi connectivity index (χ0n) is 10.2. The maximum Gasteiger partial charge on any atom is 0.0661 e. The van der Waals surface area contributed by atoms with E-state index in [1.54, 1.807) is 0 Å². The van der Waals surface area contributed by atoms with Gasteiger partial charge in [0.15, 0.2) is 0 Å². The Labute approximate surface area is 93.6 Å². The molecule has 0 saturated heterocycles. The van der Waals surface area contributed by atoms with Gasteiger partial charge in [0, 0.05) is 18.1 Å². The van der Waals surface area contributed by atoms with Crippen molar-refractivity contribution in [1.82, 2.24) is 0 Å². The predicted molar refractivity (Wildman–Crippen MR) is 62.7 cm³/mol. The van der Waals surface area contributed by atoms with Crippen LogP contribution in [0.15, 0.2) is 0 Å². The van der Waals surface area contributed by atoms with Crippen LogP contribution in [-0.2, 0) is 4.74 Å². The summed E-state index contributed by atoms with van der Waals surface area (Å²) in [5, 5.41) is 0. The lowest BCUT2D eigenvalue weighted by Crippen LogP contribution is -2.61. The van der Waals surface area contributed by atoms with Gasteiger partial charge in [0.2, 0.25) is 0 Å². The van der Waals surface area contributed by atoms with Gasteiger partial charge in [0.25, 0.3) is 0 Å². The van der Waals surface area contributed by atoms with Gasteiger partial charge in [0.05, 0.1) is 6.10 Å². The Morgan fingerprint density at radius 3 is 2.53 bits per heavy atom. The van der Waals surface area contributed by atoms with Gasteiger partial charge < -0.3 is 10.5 Å². The smallest absolute Gasteiger partial charge is 0.0661 e. The fourth-order valence-electron chi connectivity index (χ4n) is 3.18. The third-order valence-electron chi connectivity index (χ3n) is 4.40. The average Bonchev–Trinajstić information content (AvgIpc) is 2.67. The molecule has 2 aliphatic rings. The molecule has 2 saturated carbocycles. The first-order valence-corrected chi connectivity index (χ1v) is 6.52. The molecule has 0 aromatic heterocycles. The van der Waals surface area contributed by atoms with E-state index < -0.39 is 0 Å². The van der Waals surface area contributed by atoms with E-state index in [0.717, 1.165) is 18.9 Å². The molecule has 15 heavy (non-hydrogen) atoms. The number of hydrogen-bond acceptors (Lipinski definition) is 2. The maximum atomic E-state index is 6.16. The largest absolute Gasteiger partial charge is 0.378 e. The van der Waals surface area contributed by atoms with Crippen molar-refractivity contribution in [2.45, 2.75) is 64.5 Å². The van der Waals surface area contributed by atoms with Crippen molar-refractivity contribution >= 4 is 0 Å². The van der Waals surface area contributed by atoms with Crippen molar-refractivity contribution in [3.8, 4) is 0 Å². The average molecular weight is 211 g/mol. The van der Waals surface area contributed by atoms with Crippen LogP contribution in [0, 0.1) is 11.3 Å². The van der Waals surface area contributed by atoms with Crippen molar-refractivity contribution in [2.24, 2.45) is 17.1 Å². The summed E-state index contributed by atoms with van der Waals surface area (Å²) >= 11 is 0. The monoisotopic (exact) mass is 211 g/mol. The van der Waals surface area contributed by atoms with Gasteiger partial charge in [-0.3, -0.25) is 0 Å². The second kappa shape index (κ2) is 4.42. The first-order chi connectivity index (χ1) is 7.15. The highest BCUT2D eigenvalue weighted by Crippen LogP contribution is 2.53. The van der Waals surface area contributed by atoms with Gasteiger partial charge in [-0.1, -0.05) is 26.7 Å². The summed E-state index contributed by atoms with van der Waals surface area (Å²) in [5.74, 6) is 0.748. The van der Waals surface area contributed by atoms with E-state index >= 15 is 0 Å². The normalized spacial score (nSPS) is 33.6. The molecule has 0 aromatic carbocycles. The Bertz CT molecular complexity index is 209. The van der Waals surface area contributed by atoms with E-state index in [-0.39, 0.29) is 0 Å². The van der Waals surface area contributed by atoms with Crippen molar-refractivity contribution in [3.63, 3.8) is 0 Å². The van der Waals surface area contributed by atoms with Gasteiger partial charge >= 0.3 is 0 Å². The summed E-state index contributed by atoms with van der Waals surface area (Å²) in [6.45, 7) is 5.43. The van der Waals surface area contributed by atoms with Gasteiger partial charge in [0.1, 0.15) is 0 Å². The van der Waals surface area contributed by atoms with Crippen LogP contribution in [0.5, 0.6) is 0 Å². The fourth-order valence-corrected chi connectivity index (χ4v) is 3.18. The van der Waals surface area contributed by atoms with E-state index in [0.29, 0.717) is 17.6 Å². The summed E-state index contributed by atoms with van der Waals surface area (Å²) in [6, 6.07) is 0.420. The summed E-state index contributed by atoms with van der Waals surface area (Å²) in [4.78, 5) is 0. The molecular formula is C13H25NO. The number of hydrogen-bond donors (Lipinski definition) is 1. The highest BCUT2D eigenvalue weighted by Gasteiger charge is 2.54. The Morgan fingerprint density at radius 2 is 2.00 bits per heavy atom. The SMILES string of the molecule is CC(C)CCOC1CC(N)C12CCCC2. The molecule has 2 rings (SSSR count).